The number of para-hydroxylation sites is 1. The molecule has 1 atom stereocenters. The van der Waals surface area contributed by atoms with Crippen molar-refractivity contribution in [1.29, 1.82) is 0 Å². The minimum atomic E-state index is -4.38. The van der Waals surface area contributed by atoms with E-state index in [0.717, 1.165) is 43.6 Å². The van der Waals surface area contributed by atoms with Crippen LogP contribution < -0.4 is 4.90 Å². The summed E-state index contributed by atoms with van der Waals surface area (Å²) in [6.45, 7) is 4.17. The van der Waals surface area contributed by atoms with Crippen molar-refractivity contribution in [3.8, 4) is 0 Å². The maximum Gasteiger partial charge on any atom is 0.418 e. The van der Waals surface area contributed by atoms with Crippen molar-refractivity contribution in [3.05, 3.63) is 36.0 Å². The third kappa shape index (κ3) is 2.98. The van der Waals surface area contributed by atoms with Crippen LogP contribution in [0.25, 0.3) is 10.9 Å². The van der Waals surface area contributed by atoms with E-state index < -0.39 is 11.7 Å². The number of alkyl halides is 3. The van der Waals surface area contributed by atoms with Gasteiger partial charge in [0.25, 0.3) is 0 Å². The molecule has 0 N–H and O–H groups in total. The highest BCUT2D eigenvalue weighted by Crippen LogP contribution is 2.49. The number of anilines is 1. The van der Waals surface area contributed by atoms with Crippen LogP contribution in [0.1, 0.15) is 44.6 Å². The molecule has 1 spiro atoms. The molecule has 0 amide bonds. The van der Waals surface area contributed by atoms with Gasteiger partial charge in [0.2, 0.25) is 0 Å². The Balaban J connectivity index is 1.65. The van der Waals surface area contributed by atoms with Crippen LogP contribution in [0.15, 0.2) is 30.5 Å². The predicted octanol–water partition coefficient (Wildman–Crippen LogP) is 5.66. The molecule has 25 heavy (non-hydrogen) atoms. The fraction of sp³-hybridized carbons (Fsp3) is 0.550. The third-order valence-corrected chi connectivity index (χ3v) is 6.17. The Kier molecular flexibility index (Phi) is 3.93. The summed E-state index contributed by atoms with van der Waals surface area (Å²) in [5.74, 6) is 0.808. The van der Waals surface area contributed by atoms with E-state index in [1.54, 1.807) is 6.07 Å². The molecule has 2 aliphatic rings. The lowest BCUT2D eigenvalue weighted by Crippen LogP contribution is -2.39. The molecule has 2 heterocycles. The van der Waals surface area contributed by atoms with Crippen molar-refractivity contribution in [3.63, 3.8) is 0 Å². The summed E-state index contributed by atoms with van der Waals surface area (Å²) in [7, 11) is 0. The van der Waals surface area contributed by atoms with Crippen LogP contribution in [0.5, 0.6) is 0 Å². The van der Waals surface area contributed by atoms with Gasteiger partial charge in [-0.05, 0) is 49.1 Å². The highest BCUT2D eigenvalue weighted by Gasteiger charge is 2.40. The van der Waals surface area contributed by atoms with E-state index >= 15 is 0 Å². The summed E-state index contributed by atoms with van der Waals surface area (Å²) in [6.07, 6.45) is 3.33. The summed E-state index contributed by atoms with van der Waals surface area (Å²) in [5.41, 5.74) is 0.764. The van der Waals surface area contributed by atoms with Crippen LogP contribution in [0.4, 0.5) is 18.9 Å². The Bertz CT molecular complexity index is 776. The lowest BCUT2D eigenvalue weighted by Gasteiger charge is -2.41. The summed E-state index contributed by atoms with van der Waals surface area (Å²) in [4.78, 5) is 6.29. The van der Waals surface area contributed by atoms with Crippen molar-refractivity contribution < 1.29 is 13.2 Å². The second-order valence-electron chi connectivity index (χ2n) is 7.86. The number of hydrogen-bond acceptors (Lipinski definition) is 2. The normalized spacial score (nSPS) is 23.5. The van der Waals surface area contributed by atoms with E-state index in [9.17, 15) is 13.2 Å². The zero-order valence-electron chi connectivity index (χ0n) is 14.4. The number of halogens is 3. The molecule has 0 radical (unpaired) electrons. The fourth-order valence-corrected chi connectivity index (χ4v) is 4.84. The first-order chi connectivity index (χ1) is 11.9. The molecule has 5 heteroatoms. The van der Waals surface area contributed by atoms with Gasteiger partial charge in [0, 0.05) is 30.4 Å². The van der Waals surface area contributed by atoms with Gasteiger partial charge >= 0.3 is 6.18 Å². The molecule has 1 unspecified atom stereocenters. The second-order valence-corrected chi connectivity index (χ2v) is 7.86. The SMILES string of the molecule is CC1CCC2(CCN(c3ccnc4c(C(F)(F)F)cccc34)CC2)C1. The largest absolute Gasteiger partial charge is 0.418 e. The molecule has 2 nitrogen and oxygen atoms in total. The maximum atomic E-state index is 13.3. The van der Waals surface area contributed by atoms with E-state index in [1.165, 1.54) is 31.5 Å². The Labute approximate surface area is 146 Å². The van der Waals surface area contributed by atoms with E-state index in [4.69, 9.17) is 0 Å². The maximum absolute atomic E-state index is 13.3. The number of rotatable bonds is 1. The Morgan fingerprint density at radius 1 is 1.12 bits per heavy atom. The Hall–Kier alpha value is -1.78. The first-order valence-corrected chi connectivity index (χ1v) is 9.08. The van der Waals surface area contributed by atoms with Gasteiger partial charge in [-0.15, -0.1) is 0 Å². The number of benzene rings is 1. The van der Waals surface area contributed by atoms with Crippen molar-refractivity contribution in [2.75, 3.05) is 18.0 Å². The molecule has 4 rings (SSSR count). The molecule has 2 fully saturated rings. The summed E-state index contributed by atoms with van der Waals surface area (Å²) in [5, 5.41) is 0.605. The highest BCUT2D eigenvalue weighted by molar-refractivity contribution is 5.93. The van der Waals surface area contributed by atoms with Crippen LogP contribution in [0.3, 0.4) is 0 Å². The summed E-state index contributed by atoms with van der Waals surface area (Å²) in [6, 6.07) is 6.22. The standard InChI is InChI=1S/C20H23F3N2/c1-14-5-7-19(13-14)8-11-25(12-9-19)17-6-10-24-18-15(17)3-2-4-16(18)20(21,22)23/h2-4,6,10,14H,5,7-9,11-13H2,1H3. The van der Waals surface area contributed by atoms with E-state index in [-0.39, 0.29) is 5.52 Å². The van der Waals surface area contributed by atoms with Gasteiger partial charge in [-0.2, -0.15) is 13.2 Å². The van der Waals surface area contributed by atoms with Gasteiger partial charge < -0.3 is 4.90 Å². The monoisotopic (exact) mass is 348 g/mol. The van der Waals surface area contributed by atoms with E-state index in [1.807, 2.05) is 6.07 Å². The van der Waals surface area contributed by atoms with E-state index in [0.29, 0.717) is 10.8 Å². The Morgan fingerprint density at radius 3 is 2.52 bits per heavy atom. The van der Waals surface area contributed by atoms with Gasteiger partial charge in [-0.3, -0.25) is 4.98 Å². The molecule has 1 saturated carbocycles. The van der Waals surface area contributed by atoms with Crippen molar-refractivity contribution in [2.45, 2.75) is 45.2 Å². The van der Waals surface area contributed by atoms with Crippen LogP contribution in [-0.2, 0) is 6.18 Å². The number of pyridine rings is 1. The molecule has 1 aliphatic heterocycles. The molecule has 1 aromatic heterocycles. The number of piperidine rings is 1. The first kappa shape index (κ1) is 16.7. The van der Waals surface area contributed by atoms with Crippen LogP contribution >= 0.6 is 0 Å². The Morgan fingerprint density at radius 2 is 1.88 bits per heavy atom. The summed E-state index contributed by atoms with van der Waals surface area (Å²) < 4.78 is 39.8. The van der Waals surface area contributed by atoms with Crippen molar-refractivity contribution in [2.24, 2.45) is 11.3 Å². The van der Waals surface area contributed by atoms with Gasteiger partial charge in [-0.25, -0.2) is 0 Å². The van der Waals surface area contributed by atoms with Crippen LogP contribution in [-0.4, -0.2) is 18.1 Å². The van der Waals surface area contributed by atoms with Gasteiger partial charge in [-0.1, -0.05) is 25.5 Å². The number of aromatic nitrogens is 1. The van der Waals surface area contributed by atoms with Crippen molar-refractivity contribution >= 4 is 16.6 Å². The van der Waals surface area contributed by atoms with Gasteiger partial charge in [0.1, 0.15) is 0 Å². The number of fused-ring (bicyclic) bond motifs is 1. The molecule has 0 bridgehead atoms. The smallest absolute Gasteiger partial charge is 0.371 e. The third-order valence-electron chi connectivity index (χ3n) is 6.17. The molecular formula is C20H23F3N2. The summed E-state index contributed by atoms with van der Waals surface area (Å²) >= 11 is 0. The lowest BCUT2D eigenvalue weighted by atomic mass is 9.76. The number of hydrogen-bond donors (Lipinski definition) is 0. The second kappa shape index (κ2) is 5.89. The van der Waals surface area contributed by atoms with Crippen LogP contribution in [0.2, 0.25) is 0 Å². The minimum Gasteiger partial charge on any atom is -0.371 e. The quantitative estimate of drug-likeness (QED) is 0.661. The average Bonchev–Trinajstić information content (AvgIpc) is 2.94. The van der Waals surface area contributed by atoms with E-state index in [2.05, 4.69) is 16.8 Å². The predicted molar refractivity (Wildman–Crippen MR) is 93.6 cm³/mol. The lowest BCUT2D eigenvalue weighted by molar-refractivity contribution is -0.136. The zero-order valence-corrected chi connectivity index (χ0v) is 14.4. The topological polar surface area (TPSA) is 16.1 Å². The molecule has 1 aliphatic carbocycles. The molecular weight excluding hydrogens is 325 g/mol. The van der Waals surface area contributed by atoms with Crippen LogP contribution in [0, 0.1) is 11.3 Å². The zero-order chi connectivity index (χ0) is 17.7. The minimum absolute atomic E-state index is 0.0577. The van der Waals surface area contributed by atoms with Gasteiger partial charge in [0.15, 0.2) is 0 Å². The number of nitrogens with zero attached hydrogens (tertiary/aromatic N) is 2. The molecule has 1 saturated heterocycles. The average molecular weight is 348 g/mol. The fourth-order valence-electron chi connectivity index (χ4n) is 4.84. The molecule has 2 aromatic rings. The highest BCUT2D eigenvalue weighted by atomic mass is 19.4. The van der Waals surface area contributed by atoms with Crippen molar-refractivity contribution in [1.82, 2.24) is 4.98 Å². The first-order valence-electron chi connectivity index (χ1n) is 9.08. The van der Waals surface area contributed by atoms with Gasteiger partial charge in [0.05, 0.1) is 11.1 Å². The molecule has 1 aromatic carbocycles. The molecule has 134 valence electrons.